The Kier molecular flexibility index (Phi) is 9.25. The summed E-state index contributed by atoms with van der Waals surface area (Å²) in [5, 5.41) is 3.31. The van der Waals surface area contributed by atoms with Gasteiger partial charge in [0.1, 0.15) is 12.2 Å². The molecule has 7 nitrogen and oxygen atoms in total. The fourth-order valence-corrected chi connectivity index (χ4v) is 8.89. The number of aryl methyl sites for hydroxylation is 1. The molecule has 1 aromatic carbocycles. The molecule has 0 amide bonds. The number of aliphatic imine (C=N–C) groups is 2. The Hall–Kier alpha value is -2.66. The highest BCUT2D eigenvalue weighted by atomic mass is 35.5. The third kappa shape index (κ3) is 6.50. The molecule has 3 aliphatic heterocycles. The maximum Gasteiger partial charge on any atom is 0.236 e. The van der Waals surface area contributed by atoms with Gasteiger partial charge in [-0.25, -0.2) is 22.5 Å². The lowest BCUT2D eigenvalue weighted by Crippen LogP contribution is -2.36. The average molecular weight is 656 g/mol. The first-order chi connectivity index (χ1) is 21.1. The van der Waals surface area contributed by atoms with Crippen LogP contribution in [0.25, 0.3) is 0 Å². The Labute approximate surface area is 268 Å². The summed E-state index contributed by atoms with van der Waals surface area (Å²) < 4.78 is 44.1. The number of nitrogens with zero attached hydrogens (tertiary/aromatic N) is 4. The van der Waals surface area contributed by atoms with Crippen molar-refractivity contribution in [2.45, 2.75) is 77.6 Å². The van der Waals surface area contributed by atoms with Gasteiger partial charge in [0, 0.05) is 41.0 Å². The number of hydrogen-bond acceptors (Lipinski definition) is 7. The number of amidine groups is 1. The van der Waals surface area contributed by atoms with Crippen LogP contribution >= 0.6 is 22.9 Å². The molecule has 5 atom stereocenters. The molecular weight excluding hydrogens is 617 g/mol. The number of thiazole rings is 1. The smallest absolute Gasteiger partial charge is 0.236 e. The van der Waals surface area contributed by atoms with Crippen molar-refractivity contribution < 1.29 is 12.8 Å². The molecule has 0 radical (unpaired) electrons. The standard InChI is InChI=1S/C33H39ClFN5O2S2/c1-20-6-4-8-24(9-5-7-20)44(41,42)37-18-23-17-29-30(28-13-12-27(38-28)22(3)35)31(25-11-10-21(2)16-26(25)34)39-32(40(29)19-23)33-36-14-15-43-33/h8,10-16,20,22-23,27,31,37H,4-7,9,17-19H2,1-3H3/b24-8-/t20?,22?,23-,27?,31+/m1/s1. The second-order valence-corrected chi connectivity index (χ2v) is 15.5. The maximum absolute atomic E-state index is 14.4. The van der Waals surface area contributed by atoms with E-state index in [0.717, 1.165) is 58.9 Å². The minimum atomic E-state index is -3.58. The van der Waals surface area contributed by atoms with Crippen LogP contribution in [0.2, 0.25) is 5.02 Å². The topological polar surface area (TPSA) is 87.0 Å². The van der Waals surface area contributed by atoms with Gasteiger partial charge in [-0.3, -0.25) is 9.98 Å². The molecule has 6 rings (SSSR count). The van der Waals surface area contributed by atoms with Gasteiger partial charge in [-0.05, 0) is 81.1 Å². The van der Waals surface area contributed by atoms with E-state index in [0.29, 0.717) is 47.5 Å². The summed E-state index contributed by atoms with van der Waals surface area (Å²) >= 11 is 8.35. The van der Waals surface area contributed by atoms with E-state index in [1.807, 2.05) is 42.7 Å². The van der Waals surface area contributed by atoms with E-state index in [2.05, 4.69) is 21.5 Å². The normalized spacial score (nSPS) is 27.8. The van der Waals surface area contributed by atoms with Gasteiger partial charge in [-0.15, -0.1) is 11.3 Å². The fourth-order valence-electron chi connectivity index (χ4n) is 6.52. The number of sulfonamides is 1. The molecule has 0 bridgehead atoms. The second-order valence-electron chi connectivity index (χ2n) is 12.4. The summed E-state index contributed by atoms with van der Waals surface area (Å²) in [6.07, 6.45) is 11.2. The molecule has 44 heavy (non-hydrogen) atoms. The van der Waals surface area contributed by atoms with Crippen LogP contribution in [0.15, 0.2) is 74.2 Å². The largest absolute Gasteiger partial charge is 0.327 e. The van der Waals surface area contributed by atoms with Crippen molar-refractivity contribution in [3.05, 3.63) is 85.3 Å². The Balaban J connectivity index is 1.36. The predicted molar refractivity (Wildman–Crippen MR) is 178 cm³/mol. The van der Waals surface area contributed by atoms with Gasteiger partial charge in [0.2, 0.25) is 10.0 Å². The summed E-state index contributed by atoms with van der Waals surface area (Å²) in [6.45, 7) is 6.62. The molecule has 234 valence electrons. The maximum atomic E-state index is 14.4. The molecule has 1 aromatic heterocycles. The van der Waals surface area contributed by atoms with Gasteiger partial charge < -0.3 is 4.90 Å². The number of fused-ring (bicyclic) bond motifs is 1. The zero-order chi connectivity index (χ0) is 31.0. The Morgan fingerprint density at radius 3 is 2.82 bits per heavy atom. The van der Waals surface area contributed by atoms with Crippen LogP contribution in [0.1, 0.15) is 74.5 Å². The minimum Gasteiger partial charge on any atom is -0.327 e. The van der Waals surface area contributed by atoms with Crippen molar-refractivity contribution in [1.29, 1.82) is 0 Å². The third-order valence-corrected chi connectivity index (χ3v) is 11.7. The Morgan fingerprint density at radius 1 is 1.25 bits per heavy atom. The first-order valence-corrected chi connectivity index (χ1v) is 18.2. The summed E-state index contributed by atoms with van der Waals surface area (Å²) in [5.41, 5.74) is 4.47. The van der Waals surface area contributed by atoms with E-state index in [1.165, 1.54) is 18.3 Å². The molecule has 1 fully saturated rings. The van der Waals surface area contributed by atoms with Gasteiger partial charge in [0.05, 0.1) is 16.7 Å². The average Bonchev–Trinajstić information content (AvgIpc) is 3.74. The molecule has 0 saturated carbocycles. The van der Waals surface area contributed by atoms with Crippen molar-refractivity contribution in [2.24, 2.45) is 21.8 Å². The van der Waals surface area contributed by atoms with E-state index in [1.54, 1.807) is 12.3 Å². The van der Waals surface area contributed by atoms with E-state index in [9.17, 15) is 12.8 Å². The van der Waals surface area contributed by atoms with Gasteiger partial charge >= 0.3 is 0 Å². The molecule has 0 spiro atoms. The van der Waals surface area contributed by atoms with Gasteiger partial charge in [0.25, 0.3) is 0 Å². The molecule has 1 N–H and O–H groups in total. The minimum absolute atomic E-state index is 0.0109. The zero-order valence-corrected chi connectivity index (χ0v) is 27.7. The number of alkyl halides is 1. The van der Waals surface area contributed by atoms with Gasteiger partial charge in [-0.1, -0.05) is 49.2 Å². The highest BCUT2D eigenvalue weighted by Gasteiger charge is 2.42. The van der Waals surface area contributed by atoms with E-state index in [-0.39, 0.29) is 5.92 Å². The number of allylic oxidation sites excluding steroid dienone is 4. The lowest BCUT2D eigenvalue weighted by Gasteiger charge is -2.33. The first-order valence-electron chi connectivity index (χ1n) is 15.4. The zero-order valence-electron chi connectivity index (χ0n) is 25.3. The molecule has 4 heterocycles. The van der Waals surface area contributed by atoms with E-state index < -0.39 is 28.3 Å². The number of hydrogen-bond donors (Lipinski definition) is 1. The van der Waals surface area contributed by atoms with E-state index in [4.69, 9.17) is 21.6 Å². The number of halogens is 2. The second kappa shape index (κ2) is 13.0. The Bertz CT molecular complexity index is 1660. The lowest BCUT2D eigenvalue weighted by molar-refractivity contribution is 0.337. The van der Waals surface area contributed by atoms with Crippen LogP contribution in [-0.2, 0) is 10.0 Å². The molecule has 4 aliphatic rings. The number of benzene rings is 1. The van der Waals surface area contributed by atoms with Crippen molar-refractivity contribution in [1.82, 2.24) is 14.6 Å². The fraction of sp³-hybridized carbons (Fsp3) is 0.485. The van der Waals surface area contributed by atoms with Gasteiger partial charge in [0.15, 0.2) is 10.8 Å². The van der Waals surface area contributed by atoms with Crippen LogP contribution in [0.5, 0.6) is 0 Å². The van der Waals surface area contributed by atoms with Crippen LogP contribution in [-0.4, -0.2) is 55.2 Å². The quantitative estimate of drug-likeness (QED) is 0.323. The molecular formula is C33H39ClFN5O2S2. The monoisotopic (exact) mass is 655 g/mol. The molecule has 11 heteroatoms. The number of nitrogens with one attached hydrogen (secondary N) is 1. The van der Waals surface area contributed by atoms with Crippen molar-refractivity contribution in [3.63, 3.8) is 0 Å². The molecule has 1 aliphatic carbocycles. The van der Waals surface area contributed by atoms with Crippen LogP contribution in [0, 0.1) is 18.8 Å². The molecule has 3 unspecified atom stereocenters. The van der Waals surface area contributed by atoms with Crippen LogP contribution in [0.3, 0.4) is 0 Å². The highest BCUT2D eigenvalue weighted by molar-refractivity contribution is 7.93. The van der Waals surface area contributed by atoms with Gasteiger partial charge in [-0.2, -0.15) is 0 Å². The number of aromatic nitrogens is 1. The molecule has 1 saturated heterocycles. The summed E-state index contributed by atoms with van der Waals surface area (Å²) in [5.74, 6) is 1.35. The summed E-state index contributed by atoms with van der Waals surface area (Å²) in [6, 6.07) is 4.92. The van der Waals surface area contributed by atoms with Crippen LogP contribution in [0.4, 0.5) is 4.39 Å². The lowest BCUT2D eigenvalue weighted by atomic mass is 9.90. The van der Waals surface area contributed by atoms with Crippen LogP contribution < -0.4 is 4.72 Å². The number of rotatable bonds is 8. The predicted octanol–water partition coefficient (Wildman–Crippen LogP) is 7.32. The first kappa shape index (κ1) is 31.3. The summed E-state index contributed by atoms with van der Waals surface area (Å²) in [7, 11) is -3.58. The highest BCUT2D eigenvalue weighted by Crippen LogP contribution is 2.45. The van der Waals surface area contributed by atoms with Crippen molar-refractivity contribution >= 4 is 44.5 Å². The summed E-state index contributed by atoms with van der Waals surface area (Å²) in [4.78, 5) is 17.3. The van der Waals surface area contributed by atoms with Crippen molar-refractivity contribution in [2.75, 3.05) is 13.1 Å². The Morgan fingerprint density at radius 2 is 2.09 bits per heavy atom. The van der Waals surface area contributed by atoms with Crippen molar-refractivity contribution in [3.8, 4) is 0 Å². The third-order valence-electron chi connectivity index (χ3n) is 8.96. The SMILES string of the molecule is Cc1ccc([C@@H]2N=C(c3nccs3)N3C[C@@H](CNS(=O)(=O)/C4=C\CCC(C)CCC4)CC3=C2C2=NC(C(C)F)C=C2)c(Cl)c1. The van der Waals surface area contributed by atoms with E-state index >= 15 is 0 Å². The molecule has 2 aromatic rings.